The molecule has 3 rings (SSSR count). The largest absolute Gasteiger partial charge is 0.286 e. The van der Waals surface area contributed by atoms with Crippen LogP contribution in [0.4, 0.5) is 0 Å². The molecule has 0 bridgehead atoms. The van der Waals surface area contributed by atoms with Crippen LogP contribution in [0.1, 0.15) is 15.9 Å². The third-order valence-electron chi connectivity index (χ3n) is 3.23. The minimum Gasteiger partial charge on any atom is -0.286 e. The Balaban J connectivity index is 1.67. The summed E-state index contributed by atoms with van der Waals surface area (Å²) in [5, 5.41) is 0.789. The zero-order chi connectivity index (χ0) is 15.4. The Hall–Kier alpha value is -1.66. The number of carbonyl (C=O) groups excluding carboxylic acids is 1. The molecule has 0 spiro atoms. The van der Waals surface area contributed by atoms with Crippen LogP contribution < -0.4 is 0 Å². The predicted molar refractivity (Wildman–Crippen MR) is 93.0 cm³/mol. The Morgan fingerprint density at radius 2 is 2.09 bits per heavy atom. The number of aliphatic imine (C=N–C) groups is 1. The van der Waals surface area contributed by atoms with Gasteiger partial charge in [-0.3, -0.25) is 19.7 Å². The van der Waals surface area contributed by atoms with Gasteiger partial charge in [-0.15, -0.1) is 0 Å². The summed E-state index contributed by atoms with van der Waals surface area (Å²) in [5.74, 6) is 0.763. The van der Waals surface area contributed by atoms with Crippen LogP contribution in [0, 0.1) is 0 Å². The Morgan fingerprint density at radius 3 is 2.82 bits per heavy atom. The molecule has 1 aliphatic heterocycles. The monoisotopic (exact) mass is 375 g/mol. The molecule has 0 aliphatic carbocycles. The van der Waals surface area contributed by atoms with Gasteiger partial charge in [-0.05, 0) is 35.9 Å². The van der Waals surface area contributed by atoms with Gasteiger partial charge in [-0.25, -0.2) is 0 Å². The van der Waals surface area contributed by atoms with Crippen molar-refractivity contribution in [2.75, 3.05) is 13.1 Å². The summed E-state index contributed by atoms with van der Waals surface area (Å²) >= 11 is 4.96. The number of benzene rings is 1. The maximum Gasteiger partial charge on any atom is 0.259 e. The summed E-state index contributed by atoms with van der Waals surface area (Å²) in [5.41, 5.74) is 1.80. The molecule has 0 N–H and O–H groups in total. The first kappa shape index (κ1) is 15.2. The third kappa shape index (κ3) is 3.56. The fraction of sp³-hybridized carbons (Fsp3) is 0.188. The standard InChI is InChI=1S/C16H14BrN3OS/c17-14-5-3-13(4-6-14)15(21)20-9-8-19-16(20)22-11-12-2-1-7-18-10-12/h1-7,10H,8-9,11H2. The number of nitrogens with zero attached hydrogens (tertiary/aromatic N) is 3. The molecule has 0 saturated carbocycles. The van der Waals surface area contributed by atoms with Gasteiger partial charge in [-0.2, -0.15) is 0 Å². The van der Waals surface area contributed by atoms with Crippen molar-refractivity contribution in [3.63, 3.8) is 0 Å². The molecule has 4 nitrogen and oxygen atoms in total. The molecule has 0 unspecified atom stereocenters. The van der Waals surface area contributed by atoms with Gasteiger partial charge in [0.15, 0.2) is 5.17 Å². The Bertz CT molecular complexity index is 688. The number of rotatable bonds is 3. The van der Waals surface area contributed by atoms with E-state index in [0.29, 0.717) is 18.7 Å². The fourth-order valence-corrected chi connectivity index (χ4v) is 3.36. The maximum absolute atomic E-state index is 12.6. The van der Waals surface area contributed by atoms with E-state index in [1.165, 1.54) is 0 Å². The molecule has 112 valence electrons. The first-order chi connectivity index (χ1) is 10.7. The van der Waals surface area contributed by atoms with Crippen LogP contribution >= 0.6 is 27.7 Å². The van der Waals surface area contributed by atoms with E-state index < -0.39 is 0 Å². The lowest BCUT2D eigenvalue weighted by atomic mass is 10.2. The lowest BCUT2D eigenvalue weighted by Gasteiger charge is -2.17. The van der Waals surface area contributed by atoms with E-state index in [1.807, 2.05) is 42.6 Å². The van der Waals surface area contributed by atoms with Crippen LogP contribution in [0.5, 0.6) is 0 Å². The minimum absolute atomic E-state index is 0.00226. The van der Waals surface area contributed by atoms with Crippen molar-refractivity contribution in [3.05, 3.63) is 64.4 Å². The number of thioether (sulfide) groups is 1. The number of hydrogen-bond acceptors (Lipinski definition) is 4. The average Bonchev–Trinajstić information content (AvgIpc) is 3.02. The first-order valence-electron chi connectivity index (χ1n) is 6.87. The molecule has 2 heterocycles. The predicted octanol–water partition coefficient (Wildman–Crippen LogP) is 3.59. The summed E-state index contributed by atoms with van der Waals surface area (Å²) in [4.78, 5) is 22.9. The molecule has 1 aliphatic rings. The van der Waals surface area contributed by atoms with E-state index in [4.69, 9.17) is 0 Å². The van der Waals surface area contributed by atoms with E-state index in [-0.39, 0.29) is 5.91 Å². The molecule has 0 fully saturated rings. The lowest BCUT2D eigenvalue weighted by Crippen LogP contribution is -2.32. The number of halogens is 1. The molecule has 22 heavy (non-hydrogen) atoms. The van der Waals surface area contributed by atoms with Gasteiger partial charge in [0, 0.05) is 34.7 Å². The van der Waals surface area contributed by atoms with Crippen LogP contribution in [0.2, 0.25) is 0 Å². The number of amides is 1. The zero-order valence-electron chi connectivity index (χ0n) is 11.8. The molecular formula is C16H14BrN3OS. The van der Waals surface area contributed by atoms with Gasteiger partial charge < -0.3 is 0 Å². The smallest absolute Gasteiger partial charge is 0.259 e. The van der Waals surface area contributed by atoms with Crippen molar-refractivity contribution >= 4 is 38.8 Å². The van der Waals surface area contributed by atoms with Crippen LogP contribution in [-0.4, -0.2) is 34.0 Å². The number of amidine groups is 1. The summed E-state index contributed by atoms with van der Waals surface area (Å²) in [7, 11) is 0. The first-order valence-corrected chi connectivity index (χ1v) is 8.65. The summed E-state index contributed by atoms with van der Waals surface area (Å²) in [6, 6.07) is 11.3. The van der Waals surface area contributed by atoms with Gasteiger partial charge in [0.05, 0.1) is 6.54 Å². The van der Waals surface area contributed by atoms with Crippen LogP contribution in [0.15, 0.2) is 58.3 Å². The summed E-state index contributed by atoms with van der Waals surface area (Å²) in [6.07, 6.45) is 3.59. The van der Waals surface area contributed by atoms with E-state index in [0.717, 1.165) is 21.0 Å². The highest BCUT2D eigenvalue weighted by Crippen LogP contribution is 2.21. The second kappa shape index (κ2) is 7.07. The van der Waals surface area contributed by atoms with Crippen molar-refractivity contribution in [1.82, 2.24) is 9.88 Å². The minimum atomic E-state index is 0.00226. The van der Waals surface area contributed by atoms with E-state index in [2.05, 4.69) is 25.9 Å². The summed E-state index contributed by atoms with van der Waals surface area (Å²) < 4.78 is 0.963. The molecule has 0 radical (unpaired) electrons. The van der Waals surface area contributed by atoms with Gasteiger partial charge in [0.1, 0.15) is 0 Å². The van der Waals surface area contributed by atoms with E-state index in [1.54, 1.807) is 22.9 Å². The molecular weight excluding hydrogens is 362 g/mol. The quantitative estimate of drug-likeness (QED) is 0.823. The molecule has 1 aromatic carbocycles. The van der Waals surface area contributed by atoms with Crippen molar-refractivity contribution in [1.29, 1.82) is 0 Å². The highest BCUT2D eigenvalue weighted by atomic mass is 79.9. The average molecular weight is 376 g/mol. The van der Waals surface area contributed by atoms with Crippen LogP contribution in [-0.2, 0) is 5.75 Å². The lowest BCUT2D eigenvalue weighted by molar-refractivity contribution is 0.0860. The van der Waals surface area contributed by atoms with Crippen molar-refractivity contribution in [2.45, 2.75) is 5.75 Å². The van der Waals surface area contributed by atoms with E-state index >= 15 is 0 Å². The van der Waals surface area contributed by atoms with Gasteiger partial charge >= 0.3 is 0 Å². The number of pyridine rings is 1. The van der Waals surface area contributed by atoms with Gasteiger partial charge in [0.2, 0.25) is 0 Å². The van der Waals surface area contributed by atoms with Crippen LogP contribution in [0.25, 0.3) is 0 Å². The summed E-state index contributed by atoms with van der Waals surface area (Å²) in [6.45, 7) is 1.31. The molecule has 0 saturated heterocycles. The maximum atomic E-state index is 12.6. The molecule has 1 aromatic heterocycles. The highest BCUT2D eigenvalue weighted by Gasteiger charge is 2.25. The topological polar surface area (TPSA) is 45.6 Å². The zero-order valence-corrected chi connectivity index (χ0v) is 14.2. The Kier molecular flexibility index (Phi) is 4.90. The number of hydrogen-bond donors (Lipinski definition) is 0. The van der Waals surface area contributed by atoms with Gasteiger partial charge in [0.25, 0.3) is 5.91 Å². The normalized spacial score (nSPS) is 14.0. The van der Waals surface area contributed by atoms with Crippen molar-refractivity contribution < 1.29 is 4.79 Å². The second-order valence-corrected chi connectivity index (χ2v) is 6.64. The molecule has 2 aromatic rings. The SMILES string of the molecule is O=C(c1ccc(Br)cc1)N1CCN=C1SCc1cccnc1. The number of carbonyl (C=O) groups is 1. The third-order valence-corrected chi connectivity index (χ3v) is 4.84. The second-order valence-electron chi connectivity index (χ2n) is 4.78. The Morgan fingerprint density at radius 1 is 1.27 bits per heavy atom. The van der Waals surface area contributed by atoms with Crippen molar-refractivity contribution in [2.24, 2.45) is 4.99 Å². The van der Waals surface area contributed by atoms with Gasteiger partial charge in [-0.1, -0.05) is 33.8 Å². The van der Waals surface area contributed by atoms with Crippen LogP contribution in [0.3, 0.4) is 0 Å². The molecule has 0 atom stereocenters. The number of aromatic nitrogens is 1. The fourth-order valence-electron chi connectivity index (χ4n) is 2.12. The van der Waals surface area contributed by atoms with E-state index in [9.17, 15) is 4.79 Å². The highest BCUT2D eigenvalue weighted by molar-refractivity contribution is 9.10. The van der Waals surface area contributed by atoms with Crippen molar-refractivity contribution in [3.8, 4) is 0 Å². The Labute approximate surface area is 141 Å². The molecule has 1 amide bonds. The molecule has 6 heteroatoms.